The zero-order valence-corrected chi connectivity index (χ0v) is 27.7. The average Bonchev–Trinajstić information content (AvgIpc) is 3.75. The van der Waals surface area contributed by atoms with Crippen molar-refractivity contribution in [2.75, 3.05) is 5.75 Å². The highest BCUT2D eigenvalue weighted by Crippen LogP contribution is 2.34. The first-order valence-corrected chi connectivity index (χ1v) is 18.0. The van der Waals surface area contributed by atoms with Gasteiger partial charge in [0, 0.05) is 0 Å². The van der Waals surface area contributed by atoms with Crippen molar-refractivity contribution in [2.24, 2.45) is 23.7 Å². The van der Waals surface area contributed by atoms with E-state index >= 15 is 0 Å². The van der Waals surface area contributed by atoms with Gasteiger partial charge in [-0.15, -0.1) is 0 Å². The number of sulfone groups is 1. The lowest BCUT2D eigenvalue weighted by atomic mass is 9.82. The van der Waals surface area contributed by atoms with E-state index in [1.807, 2.05) is 44.2 Å². The van der Waals surface area contributed by atoms with Gasteiger partial charge in [-0.2, -0.15) is 0 Å². The van der Waals surface area contributed by atoms with E-state index in [1.165, 1.54) is 6.42 Å². The Morgan fingerprint density at radius 2 is 1.49 bits per heavy atom. The summed E-state index contributed by atoms with van der Waals surface area (Å²) in [6.45, 7) is 8.87. The highest BCUT2D eigenvalue weighted by Gasteiger charge is 2.38. The molecule has 2 amide bonds. The largest absolute Gasteiger partial charge is 0.390 e. The van der Waals surface area contributed by atoms with Crippen LogP contribution in [-0.4, -0.2) is 65.2 Å². The third kappa shape index (κ3) is 11.5. The van der Waals surface area contributed by atoms with E-state index in [9.17, 15) is 28.2 Å². The fourth-order valence-electron chi connectivity index (χ4n) is 6.09. The van der Waals surface area contributed by atoms with Gasteiger partial charge < -0.3 is 20.8 Å². The van der Waals surface area contributed by atoms with Crippen LogP contribution in [0, 0.1) is 23.7 Å². The van der Waals surface area contributed by atoms with E-state index in [-0.39, 0.29) is 24.0 Å². The smallest absolute Gasteiger partial charge is 0.242 e. The Morgan fingerprint density at radius 1 is 0.884 bits per heavy atom. The third-order valence-corrected chi connectivity index (χ3v) is 11.8. The summed E-state index contributed by atoms with van der Waals surface area (Å²) in [7, 11) is -3.62. The first kappa shape index (κ1) is 35.5. The fraction of sp³-hybridized carbons (Fsp3) is 0.765. The molecule has 0 radical (unpaired) electrons. The molecule has 0 saturated heterocycles. The maximum absolute atomic E-state index is 13.8. The van der Waals surface area contributed by atoms with Crippen molar-refractivity contribution in [3.63, 3.8) is 0 Å². The third-order valence-electron chi connectivity index (χ3n) is 9.11. The fourth-order valence-corrected chi connectivity index (χ4v) is 7.39. The number of rotatable bonds is 16. The molecule has 4 N–H and O–H groups in total. The van der Waals surface area contributed by atoms with Crippen LogP contribution >= 0.6 is 0 Å². The molecule has 0 heterocycles. The SMILES string of the molecule is CC(C)C[C@H](O)[C@H](O)[C@@H](CC1CCCCC1)NC(=O)[C@@H](CC1CC1)NC(=O)C(Cc1ccccc1)CS(=O)(=O)C(C)(C)C. The second-order valence-corrected chi connectivity index (χ2v) is 17.4. The van der Waals surface area contributed by atoms with Gasteiger partial charge in [0.25, 0.3) is 0 Å². The summed E-state index contributed by atoms with van der Waals surface area (Å²) in [5.41, 5.74) is 0.852. The Morgan fingerprint density at radius 3 is 2.05 bits per heavy atom. The first-order valence-electron chi connectivity index (χ1n) is 16.4. The molecular weight excluding hydrogens is 564 g/mol. The average molecular weight is 621 g/mol. The van der Waals surface area contributed by atoms with Crippen LogP contribution in [0.1, 0.15) is 104 Å². The number of benzene rings is 1. The molecule has 1 unspecified atom stereocenters. The predicted octanol–water partition coefficient (Wildman–Crippen LogP) is 4.57. The van der Waals surface area contributed by atoms with Crippen molar-refractivity contribution in [1.29, 1.82) is 0 Å². The van der Waals surface area contributed by atoms with Crippen LogP contribution in [-0.2, 0) is 25.8 Å². The molecule has 2 aliphatic rings. The summed E-state index contributed by atoms with van der Waals surface area (Å²) < 4.78 is 25.4. The summed E-state index contributed by atoms with van der Waals surface area (Å²) in [4.78, 5) is 27.6. The summed E-state index contributed by atoms with van der Waals surface area (Å²) in [5, 5.41) is 28.0. The maximum atomic E-state index is 13.8. The topological polar surface area (TPSA) is 133 Å². The van der Waals surface area contributed by atoms with Crippen LogP contribution in [0.3, 0.4) is 0 Å². The molecule has 43 heavy (non-hydrogen) atoms. The number of hydrogen-bond donors (Lipinski definition) is 4. The maximum Gasteiger partial charge on any atom is 0.242 e. The van der Waals surface area contributed by atoms with Crippen LogP contribution in [0.2, 0.25) is 0 Å². The number of aliphatic hydroxyl groups is 2. The summed E-state index contributed by atoms with van der Waals surface area (Å²) in [6, 6.07) is 7.85. The number of hydrogen-bond acceptors (Lipinski definition) is 6. The molecule has 1 aromatic rings. The first-order chi connectivity index (χ1) is 20.2. The van der Waals surface area contributed by atoms with E-state index in [2.05, 4.69) is 10.6 Å². The molecule has 5 atom stereocenters. The summed E-state index contributed by atoms with van der Waals surface area (Å²) >= 11 is 0. The molecule has 2 aliphatic carbocycles. The van der Waals surface area contributed by atoms with Crippen LogP contribution < -0.4 is 10.6 Å². The number of aliphatic hydroxyl groups excluding tert-OH is 2. The number of amides is 2. The molecule has 3 rings (SSSR count). The lowest BCUT2D eigenvalue weighted by molar-refractivity contribution is -0.132. The van der Waals surface area contributed by atoms with Crippen molar-refractivity contribution >= 4 is 21.7 Å². The Labute approximate surface area is 259 Å². The van der Waals surface area contributed by atoms with E-state index in [1.54, 1.807) is 20.8 Å². The standard InChI is InChI=1S/C34H56N2O6S/c1-23(2)18-30(37)31(38)28(20-25-14-10-7-11-15-25)35-33(40)29(21-26-16-17-26)36-32(39)27(19-24-12-8-6-9-13-24)22-43(41,42)34(3,4)5/h6,8-9,12-13,23,25-31,37-38H,7,10-11,14-22H2,1-5H3,(H,35,40)(H,36,39)/t27?,28-,29-,30+,31-/m1/s1. The van der Waals surface area contributed by atoms with Gasteiger partial charge in [0.1, 0.15) is 12.1 Å². The monoisotopic (exact) mass is 620 g/mol. The van der Waals surface area contributed by atoms with Crippen molar-refractivity contribution in [2.45, 2.75) is 134 Å². The van der Waals surface area contributed by atoms with Gasteiger partial charge in [-0.3, -0.25) is 9.59 Å². The van der Waals surface area contributed by atoms with E-state index in [4.69, 9.17) is 0 Å². The van der Waals surface area contributed by atoms with Crippen LogP contribution in [0.15, 0.2) is 30.3 Å². The molecule has 1 aromatic carbocycles. The predicted molar refractivity (Wildman–Crippen MR) is 171 cm³/mol. The zero-order valence-electron chi connectivity index (χ0n) is 26.9. The Kier molecular flexibility index (Phi) is 13.1. The van der Waals surface area contributed by atoms with Gasteiger partial charge in [-0.05, 0) is 69.8 Å². The number of carbonyl (C=O) groups excluding carboxylic acids is 2. The van der Waals surface area contributed by atoms with Crippen LogP contribution in [0.25, 0.3) is 0 Å². The van der Waals surface area contributed by atoms with Gasteiger partial charge in [-0.1, -0.05) is 89.1 Å². The molecule has 0 aromatic heterocycles. The minimum atomic E-state index is -3.62. The van der Waals surface area contributed by atoms with Crippen molar-refractivity contribution in [1.82, 2.24) is 10.6 Å². The van der Waals surface area contributed by atoms with E-state index in [0.717, 1.165) is 44.1 Å². The van der Waals surface area contributed by atoms with Crippen LogP contribution in [0.5, 0.6) is 0 Å². The summed E-state index contributed by atoms with van der Waals surface area (Å²) in [5.74, 6) is -1.17. The van der Waals surface area contributed by atoms with Crippen molar-refractivity contribution in [3.8, 4) is 0 Å². The minimum absolute atomic E-state index is 0.184. The number of carbonyl (C=O) groups is 2. The molecule has 0 spiro atoms. The Balaban J connectivity index is 1.80. The highest BCUT2D eigenvalue weighted by atomic mass is 32.2. The number of nitrogens with one attached hydrogen (secondary N) is 2. The second-order valence-electron chi connectivity index (χ2n) is 14.6. The van der Waals surface area contributed by atoms with E-state index < -0.39 is 50.7 Å². The quantitative estimate of drug-likeness (QED) is 0.214. The Bertz CT molecular complexity index is 1120. The lowest BCUT2D eigenvalue weighted by Gasteiger charge is -2.34. The van der Waals surface area contributed by atoms with Crippen molar-refractivity contribution < 1.29 is 28.2 Å². The normalized spacial score (nSPS) is 20.2. The molecule has 8 nitrogen and oxygen atoms in total. The van der Waals surface area contributed by atoms with Gasteiger partial charge in [0.2, 0.25) is 11.8 Å². The van der Waals surface area contributed by atoms with Gasteiger partial charge >= 0.3 is 0 Å². The van der Waals surface area contributed by atoms with Gasteiger partial charge in [-0.25, -0.2) is 8.42 Å². The zero-order chi connectivity index (χ0) is 31.8. The minimum Gasteiger partial charge on any atom is -0.390 e. The Hall–Kier alpha value is -1.97. The molecule has 244 valence electrons. The van der Waals surface area contributed by atoms with Gasteiger partial charge in [0.05, 0.1) is 28.6 Å². The van der Waals surface area contributed by atoms with Gasteiger partial charge in [0.15, 0.2) is 9.84 Å². The highest BCUT2D eigenvalue weighted by molar-refractivity contribution is 7.92. The molecule has 0 aliphatic heterocycles. The molecule has 9 heteroatoms. The van der Waals surface area contributed by atoms with Crippen molar-refractivity contribution in [3.05, 3.63) is 35.9 Å². The molecule has 2 fully saturated rings. The van der Waals surface area contributed by atoms with E-state index in [0.29, 0.717) is 31.1 Å². The summed E-state index contributed by atoms with van der Waals surface area (Å²) in [6.07, 6.45) is 7.07. The molecule has 2 saturated carbocycles. The molecular formula is C34H56N2O6S. The lowest BCUT2D eigenvalue weighted by Crippen LogP contribution is -2.56. The van der Waals surface area contributed by atoms with Crippen LogP contribution in [0.4, 0.5) is 0 Å². The second kappa shape index (κ2) is 15.8. The molecule has 0 bridgehead atoms.